The van der Waals surface area contributed by atoms with Crippen LogP contribution in [-0.2, 0) is 28.8 Å². The van der Waals surface area contributed by atoms with Crippen LogP contribution in [0.15, 0.2) is 0 Å². The van der Waals surface area contributed by atoms with Crippen LogP contribution < -0.4 is 33.2 Å². The lowest BCUT2D eigenvalue weighted by molar-refractivity contribution is -0.142. The number of hydrogen-bond acceptors (Lipinski definition) is 8. The number of carboxylic acid groups (broad SMARTS) is 1. The fourth-order valence-corrected chi connectivity index (χ4v) is 4.60. The van der Waals surface area contributed by atoms with Crippen molar-refractivity contribution in [2.45, 2.75) is 109 Å². The van der Waals surface area contributed by atoms with E-state index < -0.39 is 59.8 Å². The lowest BCUT2D eigenvalue weighted by Gasteiger charge is -2.30. The van der Waals surface area contributed by atoms with Gasteiger partial charge in [-0.15, -0.1) is 0 Å². The van der Waals surface area contributed by atoms with Gasteiger partial charge in [0.25, 0.3) is 0 Å². The average molecular weight is 584 g/mol. The molecule has 0 aromatic heterocycles. The minimum atomic E-state index is -1.23. The first-order valence-electron chi connectivity index (χ1n) is 14.4. The number of likely N-dealkylation sites (tertiary alicyclic amines) is 1. The summed E-state index contributed by atoms with van der Waals surface area (Å²) < 4.78 is 0. The average Bonchev–Trinajstić information content (AvgIpc) is 3.38. The van der Waals surface area contributed by atoms with Crippen LogP contribution >= 0.6 is 0 Å². The van der Waals surface area contributed by atoms with Crippen molar-refractivity contribution in [3.63, 3.8) is 0 Å². The van der Waals surface area contributed by atoms with E-state index >= 15 is 0 Å². The first kappa shape index (κ1) is 35.8. The number of primary amides is 1. The minimum absolute atomic E-state index is 0.0477. The van der Waals surface area contributed by atoms with Crippen molar-refractivity contribution in [3.05, 3.63) is 0 Å². The molecule has 0 aromatic carbocycles. The van der Waals surface area contributed by atoms with Crippen LogP contribution in [0, 0.1) is 11.8 Å². The number of nitrogens with two attached hydrogens (primary N) is 3. The van der Waals surface area contributed by atoms with Gasteiger partial charge in [-0.3, -0.25) is 24.0 Å². The van der Waals surface area contributed by atoms with E-state index in [4.69, 9.17) is 17.2 Å². The van der Waals surface area contributed by atoms with Crippen molar-refractivity contribution < 1.29 is 33.9 Å². The third-order valence-electron chi connectivity index (χ3n) is 7.06. The van der Waals surface area contributed by atoms with Gasteiger partial charge >= 0.3 is 5.97 Å². The molecule has 234 valence electrons. The zero-order valence-corrected chi connectivity index (χ0v) is 24.7. The Morgan fingerprint density at radius 1 is 0.902 bits per heavy atom. The van der Waals surface area contributed by atoms with Crippen LogP contribution in [0.25, 0.3) is 0 Å². The van der Waals surface area contributed by atoms with Crippen LogP contribution in [0.2, 0.25) is 0 Å². The highest BCUT2D eigenvalue weighted by Crippen LogP contribution is 2.20. The standard InChI is InChI=1S/C27H49N7O7/c1-15(2)14-19(24(37)32-18(27(40)41)8-5-6-12-28)33-23(36)17(10-11-21(29)35)31-25(38)20-9-7-13-34(20)26(39)22(30)16(3)4/h15-20,22H,5-14,28,30H2,1-4H3,(H2,29,35)(H,31,38)(H,32,37)(H,33,36)(H,40,41)/t17-,18-,19-,20-,22-/m0/s1. The molecule has 1 aliphatic heterocycles. The molecule has 1 fully saturated rings. The topological polar surface area (TPSA) is 240 Å². The molecule has 0 aromatic rings. The highest BCUT2D eigenvalue weighted by molar-refractivity contribution is 5.96. The Balaban J connectivity index is 3.08. The first-order valence-corrected chi connectivity index (χ1v) is 14.4. The van der Waals surface area contributed by atoms with Crippen LogP contribution in [0.5, 0.6) is 0 Å². The van der Waals surface area contributed by atoms with E-state index in [9.17, 15) is 33.9 Å². The van der Waals surface area contributed by atoms with Gasteiger partial charge in [-0.2, -0.15) is 0 Å². The molecule has 0 bridgehead atoms. The van der Waals surface area contributed by atoms with Gasteiger partial charge in [0.15, 0.2) is 0 Å². The Morgan fingerprint density at radius 3 is 2.05 bits per heavy atom. The summed E-state index contributed by atoms with van der Waals surface area (Å²) >= 11 is 0. The molecule has 1 saturated heterocycles. The Bertz CT molecular complexity index is 928. The van der Waals surface area contributed by atoms with Gasteiger partial charge in [0.05, 0.1) is 6.04 Å². The van der Waals surface area contributed by atoms with Crippen molar-refractivity contribution in [3.8, 4) is 0 Å². The number of aliphatic carboxylic acids is 1. The molecule has 0 radical (unpaired) electrons. The molecule has 0 aliphatic carbocycles. The molecule has 14 nitrogen and oxygen atoms in total. The third kappa shape index (κ3) is 12.0. The number of rotatable bonds is 18. The summed E-state index contributed by atoms with van der Waals surface area (Å²) in [5, 5.41) is 17.3. The van der Waals surface area contributed by atoms with Gasteiger partial charge in [-0.1, -0.05) is 27.7 Å². The SMILES string of the molecule is CC(C)C[C@H](NC(=O)[C@H](CCC(N)=O)NC(=O)[C@@H]1CCCN1C(=O)[C@@H](N)C(C)C)C(=O)N[C@@H](CCCCN)C(=O)O. The first-order chi connectivity index (χ1) is 19.2. The molecule has 1 aliphatic rings. The number of carbonyl (C=O) groups is 6. The summed E-state index contributed by atoms with van der Waals surface area (Å²) in [7, 11) is 0. The van der Waals surface area contributed by atoms with Crippen LogP contribution in [0.1, 0.15) is 79.1 Å². The molecular formula is C27H49N7O7. The number of nitrogens with one attached hydrogen (secondary N) is 3. The fourth-order valence-electron chi connectivity index (χ4n) is 4.60. The molecule has 5 atom stereocenters. The lowest BCUT2D eigenvalue weighted by atomic mass is 10.0. The highest BCUT2D eigenvalue weighted by atomic mass is 16.4. The van der Waals surface area contributed by atoms with Gasteiger partial charge in [-0.25, -0.2) is 4.79 Å². The van der Waals surface area contributed by atoms with Gasteiger partial charge in [0, 0.05) is 13.0 Å². The van der Waals surface area contributed by atoms with Gasteiger partial charge in [0.1, 0.15) is 24.2 Å². The van der Waals surface area contributed by atoms with E-state index in [-0.39, 0.29) is 43.4 Å². The number of hydrogen-bond donors (Lipinski definition) is 7. The molecule has 14 heteroatoms. The Hall–Kier alpha value is -3.26. The third-order valence-corrected chi connectivity index (χ3v) is 7.06. The Labute approximate surface area is 241 Å². The Kier molecular flexibility index (Phi) is 15.3. The summed E-state index contributed by atoms with van der Waals surface area (Å²) in [6.45, 7) is 8.02. The molecule has 10 N–H and O–H groups in total. The monoisotopic (exact) mass is 583 g/mol. The molecule has 0 spiro atoms. The van der Waals surface area contributed by atoms with Crippen LogP contribution in [0.3, 0.4) is 0 Å². The summed E-state index contributed by atoms with van der Waals surface area (Å²) in [6.07, 6.45) is 2.08. The molecule has 0 unspecified atom stereocenters. The van der Waals surface area contributed by atoms with Crippen LogP contribution in [-0.4, -0.2) is 88.8 Å². The quantitative estimate of drug-likeness (QED) is 0.0971. The van der Waals surface area contributed by atoms with Crippen molar-refractivity contribution >= 4 is 35.5 Å². The molecule has 5 amide bonds. The summed E-state index contributed by atoms with van der Waals surface area (Å²) in [6, 6.07) is -5.10. The maximum absolute atomic E-state index is 13.4. The number of nitrogens with zero attached hydrogens (tertiary/aromatic N) is 1. The number of amides is 5. The molecular weight excluding hydrogens is 534 g/mol. The second-order valence-corrected chi connectivity index (χ2v) is 11.4. The molecule has 1 rings (SSSR count). The molecule has 1 heterocycles. The van der Waals surface area contributed by atoms with E-state index in [0.29, 0.717) is 38.8 Å². The number of carbonyl (C=O) groups excluding carboxylic acids is 5. The van der Waals surface area contributed by atoms with E-state index in [0.717, 1.165) is 0 Å². The maximum Gasteiger partial charge on any atom is 0.326 e. The summed E-state index contributed by atoms with van der Waals surface area (Å²) in [5.41, 5.74) is 16.8. The normalized spacial score (nSPS) is 18.0. The predicted molar refractivity (Wildman–Crippen MR) is 152 cm³/mol. The van der Waals surface area contributed by atoms with E-state index in [1.54, 1.807) is 13.8 Å². The van der Waals surface area contributed by atoms with Gasteiger partial charge < -0.3 is 43.2 Å². The summed E-state index contributed by atoms with van der Waals surface area (Å²) in [5.74, 6) is -4.41. The van der Waals surface area contributed by atoms with Gasteiger partial charge in [-0.05, 0) is 63.3 Å². The van der Waals surface area contributed by atoms with E-state index in [1.807, 2.05) is 13.8 Å². The molecule has 0 saturated carbocycles. The summed E-state index contributed by atoms with van der Waals surface area (Å²) in [4.78, 5) is 77.2. The second-order valence-electron chi connectivity index (χ2n) is 11.4. The minimum Gasteiger partial charge on any atom is -0.480 e. The zero-order valence-electron chi connectivity index (χ0n) is 24.7. The fraction of sp³-hybridized carbons (Fsp3) is 0.778. The van der Waals surface area contributed by atoms with Gasteiger partial charge in [0.2, 0.25) is 29.5 Å². The largest absolute Gasteiger partial charge is 0.480 e. The van der Waals surface area contributed by atoms with Crippen molar-refractivity contribution in [1.82, 2.24) is 20.9 Å². The van der Waals surface area contributed by atoms with E-state index in [2.05, 4.69) is 16.0 Å². The maximum atomic E-state index is 13.4. The zero-order chi connectivity index (χ0) is 31.3. The Morgan fingerprint density at radius 2 is 1.51 bits per heavy atom. The lowest BCUT2D eigenvalue weighted by Crippen LogP contribution is -2.58. The van der Waals surface area contributed by atoms with Crippen molar-refractivity contribution in [2.75, 3.05) is 13.1 Å². The van der Waals surface area contributed by atoms with Crippen molar-refractivity contribution in [1.29, 1.82) is 0 Å². The predicted octanol–water partition coefficient (Wildman–Crippen LogP) is -1.06. The van der Waals surface area contributed by atoms with E-state index in [1.165, 1.54) is 4.90 Å². The number of unbranched alkanes of at least 4 members (excludes halogenated alkanes) is 1. The highest BCUT2D eigenvalue weighted by Gasteiger charge is 2.38. The smallest absolute Gasteiger partial charge is 0.326 e. The molecule has 41 heavy (non-hydrogen) atoms. The second kappa shape index (κ2) is 17.5. The number of carboxylic acids is 1. The van der Waals surface area contributed by atoms with Crippen molar-refractivity contribution in [2.24, 2.45) is 29.0 Å². The van der Waals surface area contributed by atoms with Crippen LogP contribution in [0.4, 0.5) is 0 Å².